The molecule has 1 unspecified atom stereocenters. The van der Waals surface area contributed by atoms with E-state index in [1.807, 2.05) is 18.2 Å². The Morgan fingerprint density at radius 1 is 1.30 bits per heavy atom. The van der Waals surface area contributed by atoms with Gasteiger partial charge in [0, 0.05) is 12.5 Å². The fraction of sp³-hybridized carbons (Fsp3) is 0.500. The Morgan fingerprint density at radius 2 is 2.20 bits per heavy atom. The first kappa shape index (κ1) is 13.1. The number of nitrogens with one attached hydrogen (secondary N) is 2. The van der Waals surface area contributed by atoms with Crippen LogP contribution >= 0.6 is 0 Å². The summed E-state index contributed by atoms with van der Waals surface area (Å²) >= 11 is 0. The minimum absolute atomic E-state index is 0.127. The van der Waals surface area contributed by atoms with E-state index in [0.29, 0.717) is 6.54 Å². The van der Waals surface area contributed by atoms with Crippen molar-refractivity contribution in [3.63, 3.8) is 0 Å². The van der Waals surface area contributed by atoms with Crippen LogP contribution < -0.4 is 10.6 Å². The Kier molecular flexibility index (Phi) is 3.92. The molecule has 0 radical (unpaired) electrons. The first-order valence-corrected chi connectivity index (χ1v) is 7.02. The van der Waals surface area contributed by atoms with Gasteiger partial charge < -0.3 is 10.6 Å². The monoisotopic (exact) mass is 274 g/mol. The van der Waals surface area contributed by atoms with E-state index in [4.69, 9.17) is 0 Å². The number of aromatic nitrogens is 2. The Balaban J connectivity index is 1.58. The highest BCUT2D eigenvalue weighted by Gasteiger charge is 2.19. The van der Waals surface area contributed by atoms with Crippen molar-refractivity contribution in [3.05, 3.63) is 23.8 Å². The third kappa shape index (κ3) is 2.96. The van der Waals surface area contributed by atoms with Gasteiger partial charge >= 0.3 is 0 Å². The minimum atomic E-state index is 0.127. The molecule has 1 atom stereocenters. The van der Waals surface area contributed by atoms with Crippen molar-refractivity contribution in [1.82, 2.24) is 20.9 Å². The Hall–Kier alpha value is -1.95. The lowest BCUT2D eigenvalue weighted by Crippen LogP contribution is -2.30. The molecular formula is C14H18N4O2. The van der Waals surface area contributed by atoms with E-state index in [0.717, 1.165) is 48.9 Å². The molecule has 0 aliphatic carbocycles. The molecule has 1 aliphatic rings. The molecule has 2 N–H and O–H groups in total. The zero-order valence-electron chi connectivity index (χ0n) is 11.3. The number of carbonyl (C=O) groups is 1. The SMILES string of the molecule is O=C(NCc1ccc2nonc2c1)C1CCCNCC1. The van der Waals surface area contributed by atoms with Crippen LogP contribution in [-0.2, 0) is 11.3 Å². The van der Waals surface area contributed by atoms with Crippen molar-refractivity contribution in [1.29, 1.82) is 0 Å². The molecule has 1 fully saturated rings. The molecule has 6 nitrogen and oxygen atoms in total. The largest absolute Gasteiger partial charge is 0.352 e. The molecule has 1 saturated heterocycles. The number of nitrogens with zero attached hydrogens (tertiary/aromatic N) is 2. The average Bonchev–Trinajstić information content (AvgIpc) is 2.76. The lowest BCUT2D eigenvalue weighted by Gasteiger charge is -2.13. The fourth-order valence-electron chi connectivity index (χ4n) is 2.55. The molecule has 2 aromatic rings. The summed E-state index contributed by atoms with van der Waals surface area (Å²) in [6.07, 6.45) is 2.94. The maximum Gasteiger partial charge on any atom is 0.223 e. The lowest BCUT2D eigenvalue weighted by atomic mass is 10.00. The Bertz CT molecular complexity index is 588. The van der Waals surface area contributed by atoms with Gasteiger partial charge in [-0.1, -0.05) is 6.07 Å². The highest BCUT2D eigenvalue weighted by Crippen LogP contribution is 2.15. The number of carbonyl (C=O) groups excluding carboxylic acids is 1. The van der Waals surface area contributed by atoms with E-state index in [1.54, 1.807) is 0 Å². The summed E-state index contributed by atoms with van der Waals surface area (Å²) in [6.45, 7) is 2.46. The van der Waals surface area contributed by atoms with Crippen molar-refractivity contribution in [2.45, 2.75) is 25.8 Å². The normalized spacial score (nSPS) is 19.7. The van der Waals surface area contributed by atoms with Gasteiger partial charge in [-0.25, -0.2) is 4.63 Å². The molecule has 6 heteroatoms. The third-order valence-corrected chi connectivity index (χ3v) is 3.73. The summed E-state index contributed by atoms with van der Waals surface area (Å²) < 4.78 is 4.66. The fourth-order valence-corrected chi connectivity index (χ4v) is 2.55. The predicted molar refractivity (Wildman–Crippen MR) is 73.9 cm³/mol. The van der Waals surface area contributed by atoms with Gasteiger partial charge in [-0.15, -0.1) is 0 Å². The second kappa shape index (κ2) is 6.00. The molecule has 1 amide bonds. The number of rotatable bonds is 3. The number of amides is 1. The molecule has 3 rings (SSSR count). The second-order valence-electron chi connectivity index (χ2n) is 5.18. The standard InChI is InChI=1S/C14H18N4O2/c19-14(11-2-1-6-15-7-5-11)16-9-10-3-4-12-13(8-10)18-20-17-12/h3-4,8,11,15H,1-2,5-7,9H2,(H,16,19). The maximum absolute atomic E-state index is 12.2. The molecule has 1 aliphatic heterocycles. The van der Waals surface area contributed by atoms with Crippen molar-refractivity contribution >= 4 is 16.9 Å². The topological polar surface area (TPSA) is 80.1 Å². The lowest BCUT2D eigenvalue weighted by molar-refractivity contribution is -0.125. The van der Waals surface area contributed by atoms with Crippen molar-refractivity contribution in [3.8, 4) is 0 Å². The van der Waals surface area contributed by atoms with Gasteiger partial charge in [-0.2, -0.15) is 0 Å². The maximum atomic E-state index is 12.2. The van der Waals surface area contributed by atoms with Crippen LogP contribution in [0.2, 0.25) is 0 Å². The number of fused-ring (bicyclic) bond motifs is 1. The first-order valence-electron chi connectivity index (χ1n) is 7.02. The quantitative estimate of drug-likeness (QED) is 0.880. The summed E-state index contributed by atoms with van der Waals surface area (Å²) in [7, 11) is 0. The molecule has 20 heavy (non-hydrogen) atoms. The van der Waals surface area contributed by atoms with Gasteiger partial charge in [0.15, 0.2) is 0 Å². The molecule has 0 saturated carbocycles. The highest BCUT2D eigenvalue weighted by atomic mass is 16.6. The van der Waals surface area contributed by atoms with Crippen molar-refractivity contribution < 1.29 is 9.42 Å². The van der Waals surface area contributed by atoms with E-state index in [1.165, 1.54) is 0 Å². The molecule has 2 heterocycles. The summed E-state index contributed by atoms with van der Waals surface area (Å²) in [5.41, 5.74) is 2.46. The van der Waals surface area contributed by atoms with Gasteiger partial charge in [0.1, 0.15) is 11.0 Å². The van der Waals surface area contributed by atoms with Gasteiger partial charge in [0.2, 0.25) is 5.91 Å². The van der Waals surface area contributed by atoms with Crippen LogP contribution in [0.5, 0.6) is 0 Å². The summed E-state index contributed by atoms with van der Waals surface area (Å²) in [5, 5.41) is 13.9. The zero-order valence-corrected chi connectivity index (χ0v) is 11.3. The number of hydrogen-bond acceptors (Lipinski definition) is 5. The molecule has 106 valence electrons. The first-order chi connectivity index (χ1) is 9.83. The molecule has 1 aromatic carbocycles. The van der Waals surface area contributed by atoms with Crippen LogP contribution in [-0.4, -0.2) is 29.3 Å². The molecule has 1 aromatic heterocycles. The van der Waals surface area contributed by atoms with Crippen LogP contribution in [0, 0.1) is 5.92 Å². The summed E-state index contributed by atoms with van der Waals surface area (Å²) in [5.74, 6) is 0.273. The molecule has 0 spiro atoms. The van der Waals surface area contributed by atoms with Crippen molar-refractivity contribution in [2.24, 2.45) is 5.92 Å². The Morgan fingerprint density at radius 3 is 3.15 bits per heavy atom. The van der Waals surface area contributed by atoms with Crippen LogP contribution in [0.3, 0.4) is 0 Å². The van der Waals surface area contributed by atoms with Crippen LogP contribution in [0.4, 0.5) is 0 Å². The summed E-state index contributed by atoms with van der Waals surface area (Å²) in [6, 6.07) is 5.67. The zero-order chi connectivity index (χ0) is 13.8. The average molecular weight is 274 g/mol. The van der Waals surface area contributed by atoms with Gasteiger partial charge in [0.05, 0.1) is 0 Å². The van der Waals surface area contributed by atoms with Crippen LogP contribution in [0.1, 0.15) is 24.8 Å². The molecular weight excluding hydrogens is 256 g/mol. The van der Waals surface area contributed by atoms with Crippen LogP contribution in [0.15, 0.2) is 22.8 Å². The van der Waals surface area contributed by atoms with E-state index >= 15 is 0 Å². The second-order valence-corrected chi connectivity index (χ2v) is 5.18. The van der Waals surface area contributed by atoms with E-state index in [2.05, 4.69) is 25.6 Å². The minimum Gasteiger partial charge on any atom is -0.352 e. The number of hydrogen-bond donors (Lipinski definition) is 2. The van der Waals surface area contributed by atoms with Crippen LogP contribution in [0.25, 0.3) is 11.0 Å². The van der Waals surface area contributed by atoms with E-state index < -0.39 is 0 Å². The third-order valence-electron chi connectivity index (χ3n) is 3.73. The van der Waals surface area contributed by atoms with Gasteiger partial charge in [-0.05, 0) is 60.4 Å². The highest BCUT2D eigenvalue weighted by molar-refractivity contribution is 5.79. The van der Waals surface area contributed by atoms with Gasteiger partial charge in [0.25, 0.3) is 0 Å². The van der Waals surface area contributed by atoms with E-state index in [9.17, 15) is 4.79 Å². The van der Waals surface area contributed by atoms with E-state index in [-0.39, 0.29) is 11.8 Å². The smallest absolute Gasteiger partial charge is 0.223 e. The predicted octanol–water partition coefficient (Wildman–Crippen LogP) is 1.23. The number of benzene rings is 1. The van der Waals surface area contributed by atoms with Gasteiger partial charge in [-0.3, -0.25) is 4.79 Å². The van der Waals surface area contributed by atoms with Crippen molar-refractivity contribution in [2.75, 3.05) is 13.1 Å². The Labute approximate surface area is 116 Å². The summed E-state index contributed by atoms with van der Waals surface area (Å²) in [4.78, 5) is 12.2. The molecule has 0 bridgehead atoms.